The number of nitrogens with one attached hydrogen (secondary N) is 1. The Bertz CT molecular complexity index is 401. The van der Waals surface area contributed by atoms with E-state index in [4.69, 9.17) is 4.74 Å². The van der Waals surface area contributed by atoms with Crippen LogP contribution in [0.25, 0.3) is 0 Å². The van der Waals surface area contributed by atoms with Crippen molar-refractivity contribution in [2.75, 3.05) is 20.7 Å². The summed E-state index contributed by atoms with van der Waals surface area (Å²) in [6.07, 6.45) is 0. The summed E-state index contributed by atoms with van der Waals surface area (Å²) in [7, 11) is 3.71. The topological polar surface area (TPSA) is 41.6 Å². The minimum atomic E-state index is -0.0114. The fourth-order valence-corrected chi connectivity index (χ4v) is 1.55. The molecule has 1 N–H and O–H groups in total. The first-order valence-corrected chi connectivity index (χ1v) is 6.61. The molecular formula is C15H24N2O2. The number of nitrogens with zero attached hydrogens (tertiary/aromatic N) is 1. The molecule has 0 aliphatic carbocycles. The second-order valence-corrected chi connectivity index (χ2v) is 4.97. The lowest BCUT2D eigenvalue weighted by Gasteiger charge is -2.21. The smallest absolute Gasteiger partial charge is 0.260 e. The quantitative estimate of drug-likeness (QED) is 0.856. The highest BCUT2D eigenvalue weighted by Gasteiger charge is 2.12. The Morgan fingerprint density at radius 1 is 1.26 bits per heavy atom. The number of benzene rings is 1. The van der Waals surface area contributed by atoms with Gasteiger partial charge in [0.1, 0.15) is 5.75 Å². The standard InChI is InChI=1S/C15H24N2O2/c1-11(2)17(5)15(18)10-19-14-8-6-13(7-9-14)12(3)16-4/h6-9,11-12,16H,10H2,1-5H3. The summed E-state index contributed by atoms with van der Waals surface area (Å²) in [4.78, 5) is 13.4. The van der Waals surface area contributed by atoms with Gasteiger partial charge in [-0.1, -0.05) is 12.1 Å². The van der Waals surface area contributed by atoms with Crippen molar-refractivity contribution < 1.29 is 9.53 Å². The molecule has 1 unspecified atom stereocenters. The summed E-state index contributed by atoms with van der Waals surface area (Å²) in [6.45, 7) is 6.13. The molecule has 4 heteroatoms. The molecule has 0 spiro atoms. The monoisotopic (exact) mass is 264 g/mol. The van der Waals surface area contributed by atoms with Crippen LogP contribution in [0.15, 0.2) is 24.3 Å². The van der Waals surface area contributed by atoms with Crippen LogP contribution in [-0.2, 0) is 4.79 Å². The number of hydrogen-bond acceptors (Lipinski definition) is 3. The first-order chi connectivity index (χ1) is 8.95. The van der Waals surface area contributed by atoms with Crippen molar-refractivity contribution in [2.45, 2.75) is 32.9 Å². The van der Waals surface area contributed by atoms with E-state index in [0.29, 0.717) is 6.04 Å². The van der Waals surface area contributed by atoms with Crippen molar-refractivity contribution in [3.63, 3.8) is 0 Å². The van der Waals surface area contributed by atoms with Gasteiger partial charge in [0, 0.05) is 19.1 Å². The highest BCUT2D eigenvalue weighted by atomic mass is 16.5. The largest absolute Gasteiger partial charge is 0.484 e. The molecule has 4 nitrogen and oxygen atoms in total. The van der Waals surface area contributed by atoms with E-state index in [-0.39, 0.29) is 18.6 Å². The number of hydrogen-bond donors (Lipinski definition) is 1. The maximum atomic E-state index is 11.8. The number of rotatable bonds is 6. The molecule has 0 aliphatic rings. The SMILES string of the molecule is CNC(C)c1ccc(OCC(=O)N(C)C(C)C)cc1. The van der Waals surface area contributed by atoms with E-state index in [1.165, 1.54) is 5.56 Å². The first-order valence-electron chi connectivity index (χ1n) is 6.61. The molecule has 1 atom stereocenters. The van der Waals surface area contributed by atoms with Crippen LogP contribution in [0.5, 0.6) is 5.75 Å². The van der Waals surface area contributed by atoms with E-state index in [2.05, 4.69) is 12.2 Å². The molecule has 0 saturated heterocycles. The van der Waals surface area contributed by atoms with E-state index in [1.807, 2.05) is 45.2 Å². The molecule has 1 amide bonds. The fourth-order valence-electron chi connectivity index (χ4n) is 1.55. The fraction of sp³-hybridized carbons (Fsp3) is 0.533. The molecule has 0 bridgehead atoms. The number of likely N-dealkylation sites (N-methyl/N-ethyl adjacent to an activating group) is 1. The zero-order chi connectivity index (χ0) is 14.4. The summed E-state index contributed by atoms with van der Waals surface area (Å²) in [6, 6.07) is 8.30. The van der Waals surface area contributed by atoms with E-state index in [0.717, 1.165) is 5.75 Å². The van der Waals surface area contributed by atoms with Crippen LogP contribution < -0.4 is 10.1 Å². The molecule has 1 aromatic carbocycles. The van der Waals surface area contributed by atoms with Crippen molar-refractivity contribution >= 4 is 5.91 Å². The Hall–Kier alpha value is -1.55. The van der Waals surface area contributed by atoms with Crippen LogP contribution in [0, 0.1) is 0 Å². The molecule has 0 heterocycles. The third kappa shape index (κ3) is 4.56. The lowest BCUT2D eigenvalue weighted by molar-refractivity contribution is -0.133. The molecule has 0 saturated carbocycles. The molecule has 1 aromatic rings. The van der Waals surface area contributed by atoms with Gasteiger partial charge in [0.15, 0.2) is 6.61 Å². The van der Waals surface area contributed by atoms with Gasteiger partial charge in [-0.2, -0.15) is 0 Å². The Balaban J connectivity index is 2.52. The second kappa shape index (κ2) is 7.14. The number of carbonyl (C=O) groups is 1. The molecule has 0 fully saturated rings. The maximum Gasteiger partial charge on any atom is 0.260 e. The van der Waals surface area contributed by atoms with Crippen LogP contribution in [0.3, 0.4) is 0 Å². The molecular weight excluding hydrogens is 240 g/mol. The predicted octanol–water partition coefficient (Wildman–Crippen LogP) is 2.21. The van der Waals surface area contributed by atoms with Crippen molar-refractivity contribution in [3.8, 4) is 5.75 Å². The van der Waals surface area contributed by atoms with Gasteiger partial charge in [-0.3, -0.25) is 4.79 Å². The minimum Gasteiger partial charge on any atom is -0.484 e. The van der Waals surface area contributed by atoms with Crippen molar-refractivity contribution in [1.82, 2.24) is 10.2 Å². The third-order valence-electron chi connectivity index (χ3n) is 3.34. The second-order valence-electron chi connectivity index (χ2n) is 4.97. The summed E-state index contributed by atoms with van der Waals surface area (Å²) >= 11 is 0. The first kappa shape index (κ1) is 15.5. The summed E-state index contributed by atoms with van der Waals surface area (Å²) in [5, 5.41) is 3.18. The van der Waals surface area contributed by atoms with Crippen LogP contribution >= 0.6 is 0 Å². The molecule has 0 aliphatic heterocycles. The highest BCUT2D eigenvalue weighted by Crippen LogP contribution is 2.17. The van der Waals surface area contributed by atoms with E-state index < -0.39 is 0 Å². The summed E-state index contributed by atoms with van der Waals surface area (Å²) < 4.78 is 5.50. The highest BCUT2D eigenvalue weighted by molar-refractivity contribution is 5.77. The van der Waals surface area contributed by atoms with Gasteiger partial charge in [0.25, 0.3) is 5.91 Å². The Morgan fingerprint density at radius 3 is 2.32 bits per heavy atom. The molecule has 0 radical (unpaired) electrons. The number of ether oxygens (including phenoxy) is 1. The van der Waals surface area contributed by atoms with Gasteiger partial charge in [0.05, 0.1) is 0 Å². The van der Waals surface area contributed by atoms with E-state index in [1.54, 1.807) is 11.9 Å². The van der Waals surface area contributed by atoms with Crippen molar-refractivity contribution in [2.24, 2.45) is 0 Å². The maximum absolute atomic E-state index is 11.8. The van der Waals surface area contributed by atoms with E-state index >= 15 is 0 Å². The van der Waals surface area contributed by atoms with Gasteiger partial charge in [0.2, 0.25) is 0 Å². The van der Waals surface area contributed by atoms with Crippen molar-refractivity contribution in [3.05, 3.63) is 29.8 Å². The normalized spacial score (nSPS) is 12.3. The zero-order valence-electron chi connectivity index (χ0n) is 12.4. The van der Waals surface area contributed by atoms with Gasteiger partial charge in [-0.05, 0) is 45.5 Å². The lowest BCUT2D eigenvalue weighted by Crippen LogP contribution is -2.36. The minimum absolute atomic E-state index is 0.0114. The van der Waals surface area contributed by atoms with Crippen LogP contribution in [-0.4, -0.2) is 37.6 Å². The molecule has 0 aromatic heterocycles. The zero-order valence-corrected chi connectivity index (χ0v) is 12.4. The van der Waals surface area contributed by atoms with Gasteiger partial charge < -0.3 is 15.0 Å². The average Bonchev–Trinajstić information content (AvgIpc) is 2.43. The Labute approximate surface area is 115 Å². The molecule has 1 rings (SSSR count). The van der Waals surface area contributed by atoms with Gasteiger partial charge >= 0.3 is 0 Å². The predicted molar refractivity (Wildman–Crippen MR) is 77.3 cm³/mol. The summed E-state index contributed by atoms with van der Waals surface area (Å²) in [5.74, 6) is 0.709. The van der Waals surface area contributed by atoms with Gasteiger partial charge in [-0.25, -0.2) is 0 Å². The van der Waals surface area contributed by atoms with Crippen LogP contribution in [0.1, 0.15) is 32.4 Å². The van der Waals surface area contributed by atoms with Crippen LogP contribution in [0.4, 0.5) is 0 Å². The Morgan fingerprint density at radius 2 is 1.84 bits per heavy atom. The molecule has 106 valence electrons. The number of carbonyl (C=O) groups excluding carboxylic acids is 1. The number of amides is 1. The van der Waals surface area contributed by atoms with E-state index in [9.17, 15) is 4.79 Å². The average molecular weight is 264 g/mol. The van der Waals surface area contributed by atoms with Crippen LogP contribution in [0.2, 0.25) is 0 Å². The third-order valence-corrected chi connectivity index (χ3v) is 3.34. The van der Waals surface area contributed by atoms with Gasteiger partial charge in [-0.15, -0.1) is 0 Å². The summed E-state index contributed by atoms with van der Waals surface area (Å²) in [5.41, 5.74) is 1.19. The molecule has 19 heavy (non-hydrogen) atoms. The Kier molecular flexibility index (Phi) is 5.83. The lowest BCUT2D eigenvalue weighted by atomic mass is 10.1. The van der Waals surface area contributed by atoms with Crippen molar-refractivity contribution in [1.29, 1.82) is 0 Å².